The summed E-state index contributed by atoms with van der Waals surface area (Å²) in [5.41, 5.74) is 0. The van der Waals surface area contributed by atoms with Crippen LogP contribution < -0.4 is 10.4 Å². The van der Waals surface area contributed by atoms with Gasteiger partial charge in [-0.1, -0.05) is 65.8 Å². The summed E-state index contributed by atoms with van der Waals surface area (Å²) in [5.74, 6) is 0. The van der Waals surface area contributed by atoms with Crippen LogP contribution in [-0.2, 0) is 26.6 Å². The van der Waals surface area contributed by atoms with Crippen molar-refractivity contribution >= 4 is 28.0 Å². The summed E-state index contributed by atoms with van der Waals surface area (Å²) >= 11 is 0. The fourth-order valence-electron chi connectivity index (χ4n) is 3.65. The van der Waals surface area contributed by atoms with Crippen molar-refractivity contribution < 1.29 is 26.6 Å². The van der Waals surface area contributed by atoms with Gasteiger partial charge in [-0.15, -0.1) is 0 Å². The Bertz CT molecular complexity index is 653. The first-order chi connectivity index (χ1) is 18.0. The molecule has 1 aromatic rings. The van der Waals surface area contributed by atoms with E-state index in [1.54, 1.807) is 0 Å². The molecule has 0 aliphatic heterocycles. The lowest BCUT2D eigenvalue weighted by Crippen LogP contribution is -2.72. The predicted octanol–water partition coefficient (Wildman–Crippen LogP) is 6.87. The Kier molecular flexibility index (Phi) is 16.1. The van der Waals surface area contributed by atoms with Gasteiger partial charge < -0.3 is 26.6 Å². The first-order valence-corrected chi connectivity index (χ1v) is 18.6. The molecule has 0 amide bonds. The van der Waals surface area contributed by atoms with E-state index < -0.39 is 17.6 Å². The van der Waals surface area contributed by atoms with Crippen molar-refractivity contribution in [2.45, 2.75) is 158 Å². The molecule has 6 atom stereocenters. The number of hydrogen-bond donors (Lipinski definition) is 0. The van der Waals surface area contributed by atoms with E-state index in [4.69, 9.17) is 26.6 Å². The van der Waals surface area contributed by atoms with Crippen molar-refractivity contribution in [1.82, 2.24) is 0 Å². The van der Waals surface area contributed by atoms with Crippen LogP contribution >= 0.6 is 0 Å². The van der Waals surface area contributed by atoms with Gasteiger partial charge in [0.25, 0.3) is 0 Å². The Labute approximate surface area is 236 Å². The summed E-state index contributed by atoms with van der Waals surface area (Å²) in [6.07, 6.45) is 4.86. The summed E-state index contributed by atoms with van der Waals surface area (Å²) in [5, 5.41) is 1.81. The molecule has 0 fully saturated rings. The molecule has 0 radical (unpaired) electrons. The zero-order chi connectivity index (χ0) is 28.9. The van der Waals surface area contributed by atoms with Crippen LogP contribution in [0.15, 0.2) is 24.3 Å². The van der Waals surface area contributed by atoms with Gasteiger partial charge in [-0.2, -0.15) is 0 Å². The van der Waals surface area contributed by atoms with Gasteiger partial charge in [-0.3, -0.25) is 0 Å². The third-order valence-corrected chi connectivity index (χ3v) is 13.9. The SMILES string of the molecule is CCC(C)O[Si](OC(C)CC)(OC(C)CC)c1ccccc1[Si](OC(C)CC)(OC(C)CC)OC(C)CC. The maximum Gasteiger partial charge on any atom is 0.538 e. The van der Waals surface area contributed by atoms with Gasteiger partial charge in [0, 0.05) is 47.0 Å². The van der Waals surface area contributed by atoms with Gasteiger partial charge in [-0.25, -0.2) is 0 Å². The standard InChI is InChI=1S/C30H58O6Si2/c1-13-23(7)31-37(32-24(8)14-2,33-25(9)15-3)29-21-19-20-22-30(29)38(34-26(10)16-4,35-27(11)17-5)36-28(12)18-6/h19-28H,13-18H2,1-12H3. The highest BCUT2D eigenvalue weighted by molar-refractivity contribution is 6.86. The molecule has 0 aliphatic rings. The molecule has 0 aromatic heterocycles. The minimum atomic E-state index is -3.47. The van der Waals surface area contributed by atoms with E-state index in [2.05, 4.69) is 95.2 Å². The van der Waals surface area contributed by atoms with Crippen LogP contribution in [0, 0.1) is 0 Å². The molecule has 0 heterocycles. The third kappa shape index (κ3) is 10.1. The molecular formula is C30H58O6Si2. The monoisotopic (exact) mass is 570 g/mol. The van der Waals surface area contributed by atoms with Gasteiger partial charge in [0.15, 0.2) is 0 Å². The molecule has 222 valence electrons. The zero-order valence-corrected chi connectivity index (χ0v) is 28.5. The first-order valence-electron chi connectivity index (χ1n) is 15.1. The van der Waals surface area contributed by atoms with Crippen LogP contribution in [0.2, 0.25) is 0 Å². The fraction of sp³-hybridized carbons (Fsp3) is 0.800. The highest BCUT2D eigenvalue weighted by atomic mass is 28.4. The number of benzene rings is 1. The van der Waals surface area contributed by atoms with E-state index >= 15 is 0 Å². The van der Waals surface area contributed by atoms with Crippen LogP contribution in [-0.4, -0.2) is 54.2 Å². The van der Waals surface area contributed by atoms with E-state index in [0.29, 0.717) is 0 Å². The van der Waals surface area contributed by atoms with Gasteiger partial charge in [0.05, 0.1) is 0 Å². The Morgan fingerprint density at radius 2 is 0.605 bits per heavy atom. The van der Waals surface area contributed by atoms with Crippen molar-refractivity contribution in [2.75, 3.05) is 0 Å². The van der Waals surface area contributed by atoms with Crippen molar-refractivity contribution in [3.05, 3.63) is 24.3 Å². The molecule has 38 heavy (non-hydrogen) atoms. The molecule has 8 heteroatoms. The molecule has 0 N–H and O–H groups in total. The van der Waals surface area contributed by atoms with Crippen LogP contribution in [0.4, 0.5) is 0 Å². The van der Waals surface area contributed by atoms with Crippen LogP contribution in [0.5, 0.6) is 0 Å². The Morgan fingerprint density at radius 3 is 0.763 bits per heavy atom. The second-order valence-corrected chi connectivity index (χ2v) is 15.4. The number of rotatable bonds is 20. The Morgan fingerprint density at radius 1 is 0.421 bits per heavy atom. The molecule has 1 aromatic carbocycles. The van der Waals surface area contributed by atoms with Crippen LogP contribution in [0.25, 0.3) is 0 Å². The van der Waals surface area contributed by atoms with E-state index in [0.717, 1.165) is 48.9 Å². The maximum atomic E-state index is 6.90. The average Bonchev–Trinajstić information content (AvgIpc) is 2.92. The van der Waals surface area contributed by atoms with Crippen molar-refractivity contribution in [1.29, 1.82) is 0 Å². The number of hydrogen-bond acceptors (Lipinski definition) is 6. The van der Waals surface area contributed by atoms with Crippen LogP contribution in [0.3, 0.4) is 0 Å². The van der Waals surface area contributed by atoms with Crippen LogP contribution in [0.1, 0.15) is 122 Å². The Balaban J connectivity index is 4.08. The quantitative estimate of drug-likeness (QED) is 0.160. The minimum Gasteiger partial charge on any atom is -0.367 e. The van der Waals surface area contributed by atoms with Crippen molar-refractivity contribution in [3.8, 4) is 0 Å². The van der Waals surface area contributed by atoms with E-state index in [9.17, 15) is 0 Å². The lowest BCUT2D eigenvalue weighted by atomic mass is 10.3. The molecule has 6 nitrogen and oxygen atoms in total. The molecule has 6 unspecified atom stereocenters. The summed E-state index contributed by atoms with van der Waals surface area (Å²) in [7, 11) is -6.93. The molecule has 0 saturated carbocycles. The minimum absolute atomic E-state index is 0.0413. The molecule has 0 spiro atoms. The van der Waals surface area contributed by atoms with E-state index in [1.807, 2.05) is 12.1 Å². The lowest BCUT2D eigenvalue weighted by molar-refractivity contribution is -0.00381. The Hall–Kier alpha value is -0.586. The normalized spacial score (nSPS) is 20.1. The molecule has 0 bridgehead atoms. The van der Waals surface area contributed by atoms with Gasteiger partial charge in [0.2, 0.25) is 0 Å². The highest BCUT2D eigenvalue weighted by Crippen LogP contribution is 2.25. The maximum absolute atomic E-state index is 6.90. The van der Waals surface area contributed by atoms with Crippen molar-refractivity contribution in [2.24, 2.45) is 0 Å². The molecule has 1 rings (SSSR count). The third-order valence-electron chi connectivity index (χ3n) is 7.17. The molecule has 0 saturated heterocycles. The highest BCUT2D eigenvalue weighted by Gasteiger charge is 2.56. The topological polar surface area (TPSA) is 55.4 Å². The first kappa shape index (κ1) is 35.4. The summed E-state index contributed by atoms with van der Waals surface area (Å²) in [6.45, 7) is 25.3. The van der Waals surface area contributed by atoms with E-state index in [-0.39, 0.29) is 36.6 Å². The second kappa shape index (κ2) is 17.3. The summed E-state index contributed by atoms with van der Waals surface area (Å²) in [4.78, 5) is 0. The second-order valence-electron chi connectivity index (χ2n) is 10.7. The largest absolute Gasteiger partial charge is 0.538 e. The smallest absolute Gasteiger partial charge is 0.367 e. The average molecular weight is 571 g/mol. The molecule has 0 aliphatic carbocycles. The fourth-order valence-corrected chi connectivity index (χ4v) is 11.3. The zero-order valence-electron chi connectivity index (χ0n) is 26.5. The van der Waals surface area contributed by atoms with Gasteiger partial charge in [0.1, 0.15) is 0 Å². The van der Waals surface area contributed by atoms with E-state index in [1.165, 1.54) is 0 Å². The van der Waals surface area contributed by atoms with Gasteiger partial charge >= 0.3 is 17.6 Å². The lowest BCUT2D eigenvalue weighted by Gasteiger charge is -2.41. The van der Waals surface area contributed by atoms with Gasteiger partial charge in [-0.05, 0) is 80.1 Å². The predicted molar refractivity (Wildman–Crippen MR) is 162 cm³/mol. The summed E-state index contributed by atoms with van der Waals surface area (Å²) < 4.78 is 41.4. The molecular weight excluding hydrogens is 512 g/mol. The summed E-state index contributed by atoms with van der Waals surface area (Å²) in [6, 6.07) is 8.26. The van der Waals surface area contributed by atoms with Crippen molar-refractivity contribution in [3.63, 3.8) is 0 Å².